The van der Waals surface area contributed by atoms with Gasteiger partial charge in [0.05, 0.1) is 32.3 Å². The highest BCUT2D eigenvalue weighted by molar-refractivity contribution is 7.31. The number of thiophene rings is 8. The van der Waals surface area contributed by atoms with Crippen LogP contribution in [0.25, 0.3) is 69.9 Å². The van der Waals surface area contributed by atoms with E-state index in [0.717, 1.165) is 78.9 Å². The summed E-state index contributed by atoms with van der Waals surface area (Å²) in [4.78, 5) is 58.8. The number of hydrogen-bond acceptors (Lipinski definition) is 10. The van der Waals surface area contributed by atoms with Gasteiger partial charge >= 0.3 is 0 Å². The van der Waals surface area contributed by atoms with E-state index in [-0.39, 0.29) is 22.6 Å². The number of unbranched alkanes of at least 4 members (excludes halogenated alkanes) is 22. The van der Waals surface area contributed by atoms with Crippen LogP contribution in [0.15, 0.2) is 83.9 Å². The lowest BCUT2D eigenvalue weighted by Crippen LogP contribution is -2.34. The van der Waals surface area contributed by atoms with Crippen molar-refractivity contribution in [2.45, 2.75) is 345 Å². The largest absolute Gasteiger partial charge is 0.306 e. The Kier molecular flexibility index (Phi) is 33.7. The second kappa shape index (κ2) is 42.2. The van der Waals surface area contributed by atoms with Crippen molar-refractivity contribution in [3.8, 4) is 58.5 Å². The Morgan fingerprint density at radius 3 is 1.06 bits per heavy atom. The van der Waals surface area contributed by atoms with Crippen molar-refractivity contribution < 1.29 is 9.59 Å². The Balaban J connectivity index is 1.06. The molecule has 584 valence electrons. The molecule has 4 nitrogen and oxygen atoms in total. The highest BCUT2D eigenvalue weighted by Crippen LogP contribution is 2.55. The summed E-state index contributed by atoms with van der Waals surface area (Å²) in [5, 5.41) is 0. The molecular formula is C95H134N2O2S8. The molecule has 8 aromatic heterocycles. The van der Waals surface area contributed by atoms with E-state index in [1.165, 1.54) is 270 Å². The lowest BCUT2D eigenvalue weighted by Gasteiger charge is -2.29. The number of carbonyl (C=O) groups is 2. The van der Waals surface area contributed by atoms with E-state index in [1.807, 2.05) is 79.4 Å². The van der Waals surface area contributed by atoms with E-state index in [1.54, 1.807) is 11.3 Å². The number of carbonyl (C=O) groups excluding carboxylic acids is 2. The highest BCUT2D eigenvalue weighted by Gasteiger charge is 2.50. The fourth-order valence-electron chi connectivity index (χ4n) is 16.2. The number of fused-ring (bicyclic) bond motifs is 1. The first kappa shape index (κ1) is 85.4. The zero-order valence-corrected chi connectivity index (χ0v) is 75.2. The van der Waals surface area contributed by atoms with Crippen LogP contribution in [-0.4, -0.2) is 34.7 Å². The molecule has 0 aromatic carbocycles. The molecule has 0 N–H and O–H groups in total. The van der Waals surface area contributed by atoms with Crippen molar-refractivity contribution in [3.05, 3.63) is 126 Å². The van der Waals surface area contributed by atoms with E-state index in [4.69, 9.17) is 0 Å². The van der Waals surface area contributed by atoms with Crippen LogP contribution in [0, 0.1) is 11.8 Å². The summed E-state index contributed by atoms with van der Waals surface area (Å²) < 4.78 is 0. The van der Waals surface area contributed by atoms with Crippen LogP contribution in [-0.2, 0) is 46.1 Å². The number of nitrogens with zero attached hydrogens (tertiary/aromatic N) is 2. The third-order valence-corrected chi connectivity index (χ3v) is 33.4. The molecule has 0 saturated heterocycles. The third-order valence-electron chi connectivity index (χ3n) is 22.4. The summed E-state index contributed by atoms with van der Waals surface area (Å²) in [5.41, 5.74) is 9.15. The summed E-state index contributed by atoms with van der Waals surface area (Å²) in [6.07, 6.45) is 44.6. The molecule has 2 amide bonds. The van der Waals surface area contributed by atoms with Crippen LogP contribution in [0.2, 0.25) is 0 Å². The molecule has 2 unspecified atom stereocenters. The minimum atomic E-state index is 0.0357. The van der Waals surface area contributed by atoms with Crippen LogP contribution >= 0.6 is 90.7 Å². The second-order valence-corrected chi connectivity index (χ2v) is 42.1. The van der Waals surface area contributed by atoms with E-state index in [9.17, 15) is 0 Å². The van der Waals surface area contributed by atoms with E-state index >= 15 is 9.59 Å². The van der Waals surface area contributed by atoms with Crippen LogP contribution < -0.4 is 0 Å². The Hall–Kier alpha value is -3.98. The maximum Gasteiger partial charge on any atom is 0.261 e. The first-order valence-corrected chi connectivity index (χ1v) is 49.5. The lowest BCUT2D eigenvalue weighted by molar-refractivity contribution is -0.124. The Labute approximate surface area is 681 Å². The van der Waals surface area contributed by atoms with Gasteiger partial charge in [0.15, 0.2) is 0 Å². The molecule has 10 heterocycles. The Morgan fingerprint density at radius 2 is 0.636 bits per heavy atom. The van der Waals surface area contributed by atoms with E-state index < -0.39 is 0 Å². The summed E-state index contributed by atoms with van der Waals surface area (Å²) in [5.74, 6) is 0.779. The van der Waals surface area contributed by atoms with E-state index in [2.05, 4.69) is 180 Å². The first-order chi connectivity index (χ1) is 51.9. The molecule has 12 heteroatoms. The standard InChI is InChI=1S/C95H134N2O2S8/c1-15-23-29-35-37-41-48-66(46-39-31-25-17-3)64-96-86(84-85(93(96)99)87(97(92(84)98)65-67(47-40-32-26-18-4)49-42-38-36-30-24-16-2)77-56-53-74(101-77)82-63-71(51-44-34-28-20-6)91(107-82)95(12,13)14)76-55-52-72(100-76)79-60-68(22-8)88(104-79)78-57-54-73(102-78)80-62-70(50-43-33-27-19-5)90(105-80)89-69(45-21-7)61-81(106-89)75-58-59-83(103-75)94(9,10)11/h52-63,66-67H,15-51,64-65H2,1-14H3. The molecule has 0 radical (unpaired) electrons. The van der Waals surface area contributed by atoms with Gasteiger partial charge in [-0.2, -0.15) is 0 Å². The van der Waals surface area contributed by atoms with Gasteiger partial charge in [0, 0.05) is 81.4 Å². The summed E-state index contributed by atoms with van der Waals surface area (Å²) in [6.45, 7) is 34.0. The number of aryl methyl sites for hydroxylation is 4. The zero-order valence-electron chi connectivity index (χ0n) is 68.6. The first-order valence-electron chi connectivity index (χ1n) is 42.9. The number of rotatable bonds is 49. The van der Waals surface area contributed by atoms with Crippen molar-refractivity contribution in [2.75, 3.05) is 13.1 Å². The minimum Gasteiger partial charge on any atom is -0.306 e. The average Bonchev–Trinajstić information content (AvgIpc) is 1.55. The number of hydrogen-bond donors (Lipinski definition) is 0. The molecular weight excluding hydrogens is 1460 g/mol. The van der Waals surface area contributed by atoms with Crippen LogP contribution in [0.1, 0.15) is 351 Å². The quantitative estimate of drug-likeness (QED) is 0.0357. The van der Waals surface area contributed by atoms with Crippen molar-refractivity contribution in [2.24, 2.45) is 11.8 Å². The van der Waals surface area contributed by atoms with Crippen molar-refractivity contribution in [1.29, 1.82) is 0 Å². The van der Waals surface area contributed by atoms with Crippen molar-refractivity contribution in [3.63, 3.8) is 0 Å². The Morgan fingerprint density at radius 1 is 0.299 bits per heavy atom. The molecule has 0 saturated carbocycles. The molecule has 2 aliphatic rings. The van der Waals surface area contributed by atoms with E-state index in [0.29, 0.717) is 36.1 Å². The average molecular weight is 1590 g/mol. The molecule has 10 rings (SSSR count). The normalized spacial score (nSPS) is 14.3. The summed E-state index contributed by atoms with van der Waals surface area (Å²) >= 11 is 15.5. The molecule has 107 heavy (non-hydrogen) atoms. The molecule has 0 aliphatic carbocycles. The Bertz CT molecular complexity index is 4120. The fraction of sp³-hybridized carbons (Fsp3) is 0.600. The van der Waals surface area contributed by atoms with Gasteiger partial charge in [-0.25, -0.2) is 0 Å². The maximum absolute atomic E-state index is 16.6. The highest BCUT2D eigenvalue weighted by atomic mass is 32.1. The lowest BCUT2D eigenvalue weighted by atomic mass is 9.90. The number of amides is 2. The van der Waals surface area contributed by atoms with Gasteiger partial charge in [-0.15, -0.1) is 90.7 Å². The zero-order chi connectivity index (χ0) is 76.0. The predicted molar refractivity (Wildman–Crippen MR) is 483 cm³/mol. The van der Waals surface area contributed by atoms with Crippen molar-refractivity contribution in [1.82, 2.24) is 9.80 Å². The van der Waals surface area contributed by atoms with Gasteiger partial charge < -0.3 is 9.80 Å². The van der Waals surface area contributed by atoms with Gasteiger partial charge in [0.2, 0.25) is 0 Å². The SMILES string of the molecule is CCCCCCCCC(CCCCCC)CN1C(=O)C2=C(c3ccc(-c4cc(CCCCCC)c(C(C)(C)C)s4)s3)N(CC(CCCCCC)CCCCCCCC)C(=O)C2=C1c1ccc(-c2cc(CC)c(-c3ccc(-c4cc(CCCCCC)c(-c5sc(-c6ccc(C(C)(C)C)s6)cc5CCC)s4)s3)s2)s1. The summed E-state index contributed by atoms with van der Waals surface area (Å²) in [7, 11) is 0. The third kappa shape index (κ3) is 22.5. The topological polar surface area (TPSA) is 40.6 Å². The van der Waals surface area contributed by atoms with Crippen LogP contribution in [0.3, 0.4) is 0 Å². The molecule has 0 fully saturated rings. The van der Waals surface area contributed by atoms with Gasteiger partial charge in [-0.1, -0.05) is 270 Å². The van der Waals surface area contributed by atoms with Crippen LogP contribution in [0.5, 0.6) is 0 Å². The molecule has 2 aliphatic heterocycles. The minimum absolute atomic E-state index is 0.0357. The van der Waals surface area contributed by atoms with Gasteiger partial charge in [0.25, 0.3) is 11.8 Å². The molecule has 2 atom stereocenters. The summed E-state index contributed by atoms with van der Waals surface area (Å²) in [6, 6.07) is 28.8. The second-order valence-electron chi connectivity index (χ2n) is 33.6. The van der Waals surface area contributed by atoms with Gasteiger partial charge in [-0.05, 0) is 182 Å². The molecule has 0 bridgehead atoms. The smallest absolute Gasteiger partial charge is 0.261 e. The van der Waals surface area contributed by atoms with Crippen molar-refractivity contribution >= 4 is 114 Å². The predicted octanol–water partition coefficient (Wildman–Crippen LogP) is 33.0. The van der Waals surface area contributed by atoms with Gasteiger partial charge in [0.1, 0.15) is 0 Å². The van der Waals surface area contributed by atoms with Crippen LogP contribution in [0.4, 0.5) is 0 Å². The monoisotopic (exact) mass is 1590 g/mol. The molecule has 8 aromatic rings. The maximum atomic E-state index is 16.6. The fourth-order valence-corrected chi connectivity index (χ4v) is 26.1. The van der Waals surface area contributed by atoms with Gasteiger partial charge in [-0.3, -0.25) is 9.59 Å². The molecule has 0 spiro atoms.